The molecule has 0 atom stereocenters. The maximum atomic E-state index is 11.8. The average molecular weight is 263 g/mol. The van der Waals surface area contributed by atoms with E-state index in [1.807, 2.05) is 6.92 Å². The van der Waals surface area contributed by atoms with Gasteiger partial charge in [0.2, 0.25) is 0 Å². The van der Waals surface area contributed by atoms with E-state index in [4.69, 9.17) is 0 Å². The van der Waals surface area contributed by atoms with E-state index in [9.17, 15) is 13.2 Å². The first-order valence-corrected chi connectivity index (χ1v) is 5.67. The zero-order valence-electron chi connectivity index (χ0n) is 10.1. The summed E-state index contributed by atoms with van der Waals surface area (Å²) >= 11 is 0. The molecule has 7 heteroatoms. The van der Waals surface area contributed by atoms with Gasteiger partial charge in [-0.05, 0) is 12.6 Å². The summed E-state index contributed by atoms with van der Waals surface area (Å²) in [7, 11) is 0. The van der Waals surface area contributed by atoms with Crippen LogP contribution < -0.4 is 5.32 Å². The molecule has 0 aliphatic rings. The van der Waals surface area contributed by atoms with Crippen molar-refractivity contribution in [2.75, 3.05) is 19.8 Å². The Kier molecular flexibility index (Phi) is 6.00. The second-order valence-electron chi connectivity index (χ2n) is 3.66. The third kappa shape index (κ3) is 6.51. The number of ether oxygens (including phenoxy) is 1. The number of halogens is 3. The Morgan fingerprint density at radius 1 is 1.39 bits per heavy atom. The first-order valence-electron chi connectivity index (χ1n) is 5.67. The Morgan fingerprint density at radius 2 is 2.17 bits per heavy atom. The summed E-state index contributed by atoms with van der Waals surface area (Å²) in [6.07, 6.45) is -2.41. The molecular formula is C11H16F3N3O. The lowest BCUT2D eigenvalue weighted by atomic mass is 10.3. The Hall–Kier alpha value is -1.21. The normalized spacial score (nSPS) is 11.8. The summed E-state index contributed by atoms with van der Waals surface area (Å²) in [4.78, 5) is 8.19. The van der Waals surface area contributed by atoms with E-state index in [-0.39, 0.29) is 13.0 Å². The molecule has 0 saturated carbocycles. The van der Waals surface area contributed by atoms with Crippen LogP contribution in [0.25, 0.3) is 0 Å². The topological polar surface area (TPSA) is 47.0 Å². The molecule has 1 heterocycles. The van der Waals surface area contributed by atoms with Crippen LogP contribution in [-0.4, -0.2) is 35.9 Å². The molecular weight excluding hydrogens is 247 g/mol. The van der Waals surface area contributed by atoms with E-state index in [2.05, 4.69) is 20.0 Å². The molecule has 0 radical (unpaired) electrons. The van der Waals surface area contributed by atoms with E-state index >= 15 is 0 Å². The van der Waals surface area contributed by atoms with Crippen molar-refractivity contribution in [1.29, 1.82) is 0 Å². The molecule has 1 rings (SSSR count). The van der Waals surface area contributed by atoms with Gasteiger partial charge in [0, 0.05) is 19.2 Å². The van der Waals surface area contributed by atoms with Crippen molar-refractivity contribution in [2.24, 2.45) is 0 Å². The van der Waals surface area contributed by atoms with Gasteiger partial charge in [0.25, 0.3) is 0 Å². The van der Waals surface area contributed by atoms with Crippen molar-refractivity contribution in [3.8, 4) is 0 Å². The molecule has 102 valence electrons. The summed E-state index contributed by atoms with van der Waals surface area (Å²) in [5.74, 6) is 0.493. The van der Waals surface area contributed by atoms with Gasteiger partial charge in [-0.15, -0.1) is 0 Å². The predicted molar refractivity (Wildman–Crippen MR) is 60.0 cm³/mol. The van der Waals surface area contributed by atoms with Crippen molar-refractivity contribution in [3.05, 3.63) is 23.8 Å². The standard InChI is InChI=1S/C11H16F3N3O/c1-2-15-7-9-3-5-16-10(17-9)4-6-18-8-11(12,13)14/h3,5,15H,2,4,6-8H2,1H3. The Bertz CT molecular complexity index is 358. The van der Waals surface area contributed by atoms with Crippen LogP contribution in [0.4, 0.5) is 13.2 Å². The van der Waals surface area contributed by atoms with Gasteiger partial charge in [-0.1, -0.05) is 6.92 Å². The Labute approximate surface area is 104 Å². The van der Waals surface area contributed by atoms with Crippen LogP contribution in [-0.2, 0) is 17.7 Å². The number of rotatable bonds is 7. The molecule has 0 aliphatic heterocycles. The van der Waals surface area contributed by atoms with Gasteiger partial charge < -0.3 is 10.1 Å². The highest BCUT2D eigenvalue weighted by atomic mass is 19.4. The van der Waals surface area contributed by atoms with Gasteiger partial charge in [0.15, 0.2) is 0 Å². The number of nitrogens with zero attached hydrogens (tertiary/aromatic N) is 2. The van der Waals surface area contributed by atoms with E-state index < -0.39 is 12.8 Å². The highest BCUT2D eigenvalue weighted by Crippen LogP contribution is 2.14. The van der Waals surface area contributed by atoms with Gasteiger partial charge in [-0.2, -0.15) is 13.2 Å². The average Bonchev–Trinajstić information content (AvgIpc) is 2.31. The summed E-state index contributed by atoms with van der Waals surface area (Å²) in [6, 6.07) is 1.77. The molecule has 0 fully saturated rings. The molecule has 1 N–H and O–H groups in total. The lowest BCUT2D eigenvalue weighted by Gasteiger charge is -2.07. The predicted octanol–water partition coefficient (Wildman–Crippen LogP) is 1.71. The molecule has 4 nitrogen and oxygen atoms in total. The maximum absolute atomic E-state index is 11.8. The summed E-state index contributed by atoms with van der Waals surface area (Å²) in [5, 5.41) is 3.11. The fraction of sp³-hybridized carbons (Fsp3) is 0.636. The van der Waals surface area contributed by atoms with Gasteiger partial charge in [-0.25, -0.2) is 9.97 Å². The van der Waals surface area contributed by atoms with Crippen LogP contribution in [0, 0.1) is 0 Å². The fourth-order valence-electron chi connectivity index (χ4n) is 1.26. The van der Waals surface area contributed by atoms with Crippen LogP contribution >= 0.6 is 0 Å². The SMILES string of the molecule is CCNCc1ccnc(CCOCC(F)(F)F)n1. The summed E-state index contributed by atoms with van der Waals surface area (Å²) in [6.45, 7) is 2.16. The van der Waals surface area contributed by atoms with E-state index in [0.29, 0.717) is 12.4 Å². The second kappa shape index (κ2) is 7.27. The first-order chi connectivity index (χ1) is 8.51. The lowest BCUT2D eigenvalue weighted by Crippen LogP contribution is -2.18. The van der Waals surface area contributed by atoms with E-state index in [1.165, 1.54) is 0 Å². The van der Waals surface area contributed by atoms with Crippen molar-refractivity contribution >= 4 is 0 Å². The fourth-order valence-corrected chi connectivity index (χ4v) is 1.26. The second-order valence-corrected chi connectivity index (χ2v) is 3.66. The highest BCUT2D eigenvalue weighted by molar-refractivity contribution is 5.02. The van der Waals surface area contributed by atoms with Crippen LogP contribution in [0.3, 0.4) is 0 Å². The minimum Gasteiger partial charge on any atom is -0.372 e. The number of hydrogen-bond donors (Lipinski definition) is 1. The first kappa shape index (κ1) is 14.8. The summed E-state index contributed by atoms with van der Waals surface area (Å²) in [5.41, 5.74) is 0.817. The van der Waals surface area contributed by atoms with Gasteiger partial charge >= 0.3 is 6.18 Å². The molecule has 0 aliphatic carbocycles. The molecule has 0 bridgehead atoms. The molecule has 1 aromatic rings. The Morgan fingerprint density at radius 3 is 2.83 bits per heavy atom. The number of hydrogen-bond acceptors (Lipinski definition) is 4. The monoisotopic (exact) mass is 263 g/mol. The van der Waals surface area contributed by atoms with Gasteiger partial charge in [-0.3, -0.25) is 0 Å². The molecule has 0 saturated heterocycles. The minimum atomic E-state index is -4.28. The molecule has 0 spiro atoms. The van der Waals surface area contributed by atoms with Crippen molar-refractivity contribution in [2.45, 2.75) is 26.1 Å². The third-order valence-electron chi connectivity index (χ3n) is 2.05. The van der Waals surface area contributed by atoms with E-state index in [1.54, 1.807) is 12.3 Å². The largest absolute Gasteiger partial charge is 0.411 e. The third-order valence-corrected chi connectivity index (χ3v) is 2.05. The maximum Gasteiger partial charge on any atom is 0.411 e. The minimum absolute atomic E-state index is 0.0375. The highest BCUT2D eigenvalue weighted by Gasteiger charge is 2.27. The van der Waals surface area contributed by atoms with Crippen molar-refractivity contribution in [3.63, 3.8) is 0 Å². The van der Waals surface area contributed by atoms with Crippen LogP contribution in [0.1, 0.15) is 18.4 Å². The Balaban J connectivity index is 2.33. The number of aromatic nitrogens is 2. The van der Waals surface area contributed by atoms with Crippen LogP contribution in [0.5, 0.6) is 0 Å². The van der Waals surface area contributed by atoms with E-state index in [0.717, 1.165) is 12.2 Å². The van der Waals surface area contributed by atoms with Gasteiger partial charge in [0.1, 0.15) is 12.4 Å². The number of alkyl halides is 3. The molecule has 18 heavy (non-hydrogen) atoms. The smallest absolute Gasteiger partial charge is 0.372 e. The molecule has 1 aromatic heterocycles. The molecule has 0 aromatic carbocycles. The zero-order valence-corrected chi connectivity index (χ0v) is 10.1. The number of nitrogens with one attached hydrogen (secondary N) is 1. The zero-order chi connectivity index (χ0) is 13.4. The van der Waals surface area contributed by atoms with Crippen LogP contribution in [0.2, 0.25) is 0 Å². The van der Waals surface area contributed by atoms with Gasteiger partial charge in [0.05, 0.1) is 12.3 Å². The molecule has 0 unspecified atom stereocenters. The summed E-state index contributed by atoms with van der Waals surface area (Å²) < 4.78 is 40.0. The quantitative estimate of drug-likeness (QED) is 0.761. The van der Waals surface area contributed by atoms with Crippen LogP contribution in [0.15, 0.2) is 12.3 Å². The van der Waals surface area contributed by atoms with Crippen molar-refractivity contribution < 1.29 is 17.9 Å². The molecule has 0 amide bonds. The van der Waals surface area contributed by atoms with Crippen molar-refractivity contribution in [1.82, 2.24) is 15.3 Å². The lowest BCUT2D eigenvalue weighted by molar-refractivity contribution is -0.173.